The molecule has 0 aliphatic carbocycles. The summed E-state index contributed by atoms with van der Waals surface area (Å²) in [7, 11) is 1.37. The molecule has 1 fully saturated rings. The van der Waals surface area contributed by atoms with Crippen LogP contribution >= 0.6 is 0 Å². The fraction of sp³-hybridized carbons (Fsp3) is 0.353. The first-order valence-corrected chi connectivity index (χ1v) is 7.84. The van der Waals surface area contributed by atoms with Crippen molar-refractivity contribution in [1.82, 2.24) is 15.1 Å². The van der Waals surface area contributed by atoms with Gasteiger partial charge < -0.3 is 14.5 Å². The Labute approximate surface area is 140 Å². The van der Waals surface area contributed by atoms with Gasteiger partial charge in [0, 0.05) is 37.6 Å². The zero-order chi connectivity index (χ0) is 17.1. The Balaban J connectivity index is 1.67. The first kappa shape index (κ1) is 16.0. The standard InChI is InChI=1S/C17H20N4O3/c1-12-11-20(14-5-3-13(4-6-14)17(23)24-2)9-10-21(12)16(22)15-7-8-18-19-15/h3-8,12H,9-11H2,1-2H3,(H,18,19)/t12-/m1/s1. The number of methoxy groups -OCH3 is 1. The quantitative estimate of drug-likeness (QED) is 0.865. The van der Waals surface area contributed by atoms with Crippen LogP contribution < -0.4 is 4.90 Å². The number of nitrogens with zero attached hydrogens (tertiary/aromatic N) is 3. The molecule has 1 saturated heterocycles. The summed E-state index contributed by atoms with van der Waals surface area (Å²) in [6.45, 7) is 4.14. The maximum Gasteiger partial charge on any atom is 0.337 e. The zero-order valence-corrected chi connectivity index (χ0v) is 13.7. The number of anilines is 1. The maximum absolute atomic E-state index is 12.5. The Morgan fingerprint density at radius 3 is 2.54 bits per heavy atom. The van der Waals surface area contributed by atoms with E-state index in [2.05, 4.69) is 15.1 Å². The van der Waals surface area contributed by atoms with E-state index in [9.17, 15) is 9.59 Å². The van der Waals surface area contributed by atoms with E-state index in [-0.39, 0.29) is 17.9 Å². The average molecular weight is 328 g/mol. The van der Waals surface area contributed by atoms with E-state index in [1.54, 1.807) is 24.4 Å². The Bertz CT molecular complexity index is 712. The number of rotatable bonds is 3. The second-order valence-electron chi connectivity index (χ2n) is 5.80. The van der Waals surface area contributed by atoms with Gasteiger partial charge in [0.25, 0.3) is 5.91 Å². The van der Waals surface area contributed by atoms with Crippen LogP contribution in [0.3, 0.4) is 0 Å². The third kappa shape index (κ3) is 3.10. The van der Waals surface area contributed by atoms with Gasteiger partial charge in [0.15, 0.2) is 0 Å². The summed E-state index contributed by atoms with van der Waals surface area (Å²) < 4.78 is 4.71. The summed E-state index contributed by atoms with van der Waals surface area (Å²) in [6, 6.07) is 9.10. The van der Waals surface area contributed by atoms with Crippen molar-refractivity contribution in [3.8, 4) is 0 Å². The van der Waals surface area contributed by atoms with Gasteiger partial charge in [-0.25, -0.2) is 4.79 Å². The summed E-state index contributed by atoms with van der Waals surface area (Å²) in [5.74, 6) is -0.370. The fourth-order valence-corrected chi connectivity index (χ4v) is 2.95. The van der Waals surface area contributed by atoms with Crippen molar-refractivity contribution in [2.24, 2.45) is 0 Å². The number of amides is 1. The molecule has 2 aromatic rings. The third-order valence-corrected chi connectivity index (χ3v) is 4.27. The molecule has 1 aliphatic heterocycles. The number of H-pyrrole nitrogens is 1. The number of esters is 1. The van der Waals surface area contributed by atoms with Crippen molar-refractivity contribution in [3.63, 3.8) is 0 Å². The topological polar surface area (TPSA) is 78.5 Å². The molecule has 24 heavy (non-hydrogen) atoms. The van der Waals surface area contributed by atoms with Crippen LogP contribution in [0.25, 0.3) is 0 Å². The lowest BCUT2D eigenvalue weighted by molar-refractivity contribution is 0.0599. The summed E-state index contributed by atoms with van der Waals surface area (Å²) in [5.41, 5.74) is 2.07. The minimum Gasteiger partial charge on any atom is -0.465 e. The van der Waals surface area contributed by atoms with Crippen LogP contribution in [0.1, 0.15) is 27.8 Å². The number of hydrogen-bond acceptors (Lipinski definition) is 5. The number of carbonyl (C=O) groups is 2. The minimum absolute atomic E-state index is 0.0271. The lowest BCUT2D eigenvalue weighted by atomic mass is 10.1. The van der Waals surface area contributed by atoms with E-state index in [0.717, 1.165) is 18.8 Å². The first-order valence-electron chi connectivity index (χ1n) is 7.84. The summed E-state index contributed by atoms with van der Waals surface area (Å²) in [6.07, 6.45) is 1.58. The molecule has 1 N–H and O–H groups in total. The molecule has 7 heteroatoms. The van der Waals surface area contributed by atoms with E-state index in [1.807, 2.05) is 24.0 Å². The molecule has 1 aromatic carbocycles. The number of hydrogen-bond donors (Lipinski definition) is 1. The van der Waals surface area contributed by atoms with Crippen LogP contribution in [0.2, 0.25) is 0 Å². The highest BCUT2D eigenvalue weighted by atomic mass is 16.5. The van der Waals surface area contributed by atoms with Gasteiger partial charge in [-0.3, -0.25) is 9.89 Å². The predicted molar refractivity (Wildman–Crippen MR) is 89.1 cm³/mol. The van der Waals surface area contributed by atoms with Crippen molar-refractivity contribution in [3.05, 3.63) is 47.8 Å². The van der Waals surface area contributed by atoms with Gasteiger partial charge >= 0.3 is 5.97 Å². The van der Waals surface area contributed by atoms with Gasteiger partial charge in [0.05, 0.1) is 12.7 Å². The molecule has 7 nitrogen and oxygen atoms in total. The summed E-state index contributed by atoms with van der Waals surface area (Å²) in [5, 5.41) is 6.56. The summed E-state index contributed by atoms with van der Waals surface area (Å²) in [4.78, 5) is 28.0. The minimum atomic E-state index is -0.343. The smallest absolute Gasteiger partial charge is 0.337 e. The van der Waals surface area contributed by atoms with E-state index in [1.165, 1.54) is 7.11 Å². The highest BCUT2D eigenvalue weighted by molar-refractivity contribution is 5.92. The van der Waals surface area contributed by atoms with Crippen LogP contribution in [-0.4, -0.2) is 59.8 Å². The van der Waals surface area contributed by atoms with Crippen molar-refractivity contribution < 1.29 is 14.3 Å². The van der Waals surface area contributed by atoms with Crippen molar-refractivity contribution in [1.29, 1.82) is 0 Å². The number of aromatic nitrogens is 2. The third-order valence-electron chi connectivity index (χ3n) is 4.27. The molecular weight excluding hydrogens is 308 g/mol. The van der Waals surface area contributed by atoms with Gasteiger partial charge in [0.2, 0.25) is 0 Å². The number of carbonyl (C=O) groups excluding carboxylic acids is 2. The van der Waals surface area contributed by atoms with Crippen LogP contribution in [0.4, 0.5) is 5.69 Å². The van der Waals surface area contributed by atoms with Crippen LogP contribution in [0.5, 0.6) is 0 Å². The van der Waals surface area contributed by atoms with Crippen LogP contribution in [-0.2, 0) is 4.74 Å². The molecule has 1 aromatic heterocycles. The predicted octanol–water partition coefficient (Wildman–Crippen LogP) is 1.55. The summed E-state index contributed by atoms with van der Waals surface area (Å²) >= 11 is 0. The normalized spacial score (nSPS) is 17.7. The Kier molecular flexibility index (Phi) is 4.50. The highest BCUT2D eigenvalue weighted by Gasteiger charge is 2.28. The van der Waals surface area contributed by atoms with Gasteiger partial charge in [0.1, 0.15) is 5.69 Å². The SMILES string of the molecule is COC(=O)c1ccc(N2CCN(C(=O)c3ccn[nH]3)[C@H](C)C2)cc1. The van der Waals surface area contributed by atoms with E-state index in [0.29, 0.717) is 17.8 Å². The second-order valence-corrected chi connectivity index (χ2v) is 5.80. The van der Waals surface area contributed by atoms with Crippen LogP contribution in [0.15, 0.2) is 36.5 Å². The molecule has 0 saturated carbocycles. The number of benzene rings is 1. The zero-order valence-electron chi connectivity index (χ0n) is 13.7. The molecule has 1 amide bonds. The monoisotopic (exact) mass is 328 g/mol. The number of aromatic amines is 1. The Morgan fingerprint density at radius 2 is 1.96 bits per heavy atom. The van der Waals surface area contributed by atoms with Gasteiger partial charge in [-0.1, -0.05) is 0 Å². The molecule has 0 spiro atoms. The Hall–Kier alpha value is -2.83. The van der Waals surface area contributed by atoms with Gasteiger partial charge in [-0.05, 0) is 37.3 Å². The lowest BCUT2D eigenvalue weighted by Gasteiger charge is -2.40. The fourth-order valence-electron chi connectivity index (χ4n) is 2.95. The molecule has 1 atom stereocenters. The molecule has 3 rings (SSSR count). The molecule has 0 radical (unpaired) electrons. The van der Waals surface area contributed by atoms with E-state index in [4.69, 9.17) is 4.74 Å². The molecule has 0 bridgehead atoms. The number of piperazine rings is 1. The van der Waals surface area contributed by atoms with E-state index >= 15 is 0 Å². The molecule has 126 valence electrons. The number of nitrogens with one attached hydrogen (secondary N) is 1. The van der Waals surface area contributed by atoms with Crippen LogP contribution in [0, 0.1) is 0 Å². The average Bonchev–Trinajstić information content (AvgIpc) is 3.15. The van der Waals surface area contributed by atoms with Crippen molar-refractivity contribution in [2.75, 3.05) is 31.6 Å². The first-order chi connectivity index (χ1) is 11.6. The Morgan fingerprint density at radius 1 is 1.21 bits per heavy atom. The van der Waals surface area contributed by atoms with Gasteiger partial charge in [-0.15, -0.1) is 0 Å². The van der Waals surface area contributed by atoms with Crippen molar-refractivity contribution >= 4 is 17.6 Å². The van der Waals surface area contributed by atoms with E-state index < -0.39 is 0 Å². The van der Waals surface area contributed by atoms with Gasteiger partial charge in [-0.2, -0.15) is 5.10 Å². The number of ether oxygens (including phenoxy) is 1. The maximum atomic E-state index is 12.5. The molecule has 0 unspecified atom stereocenters. The highest BCUT2D eigenvalue weighted by Crippen LogP contribution is 2.21. The van der Waals surface area contributed by atoms with Crippen molar-refractivity contribution in [2.45, 2.75) is 13.0 Å². The molecular formula is C17H20N4O3. The largest absolute Gasteiger partial charge is 0.465 e. The molecule has 1 aliphatic rings. The second kappa shape index (κ2) is 6.74. The molecule has 2 heterocycles. The lowest BCUT2D eigenvalue weighted by Crippen LogP contribution is -2.54.